The largest absolute Gasteiger partial charge is 0.376 e. The molecule has 1 aromatic heterocycles. The number of sulfonamides is 1. The number of H-pyrrole nitrogens is 1. The number of hydrogen-bond acceptors (Lipinski definition) is 5. The van der Waals surface area contributed by atoms with Crippen LogP contribution < -0.4 is 4.72 Å². The monoisotopic (exact) mass is 261 g/mol. The van der Waals surface area contributed by atoms with Crippen molar-refractivity contribution in [3.63, 3.8) is 0 Å². The van der Waals surface area contributed by atoms with Gasteiger partial charge in [0.1, 0.15) is 5.82 Å². The molecular formula is C9H15N3O4S. The molecule has 1 aliphatic rings. The summed E-state index contributed by atoms with van der Waals surface area (Å²) in [5.41, 5.74) is 0. The van der Waals surface area contributed by atoms with Crippen molar-refractivity contribution in [3.05, 3.63) is 12.0 Å². The first-order chi connectivity index (χ1) is 8.08. The highest BCUT2D eigenvalue weighted by Crippen LogP contribution is 2.06. The Kier molecular flexibility index (Phi) is 3.77. The van der Waals surface area contributed by atoms with E-state index in [-0.39, 0.29) is 17.7 Å². The summed E-state index contributed by atoms with van der Waals surface area (Å²) >= 11 is 0. The number of aryl methyl sites for hydroxylation is 1. The van der Waals surface area contributed by atoms with E-state index in [1.54, 1.807) is 6.92 Å². The second kappa shape index (κ2) is 5.13. The zero-order chi connectivity index (χ0) is 12.3. The normalized spacial score (nSPS) is 21.6. The van der Waals surface area contributed by atoms with E-state index >= 15 is 0 Å². The van der Waals surface area contributed by atoms with Crippen molar-refractivity contribution in [1.82, 2.24) is 14.7 Å². The van der Waals surface area contributed by atoms with E-state index in [0.717, 1.165) is 0 Å². The molecule has 1 atom stereocenters. The molecule has 0 saturated carbocycles. The van der Waals surface area contributed by atoms with Crippen LogP contribution in [0, 0.1) is 6.92 Å². The summed E-state index contributed by atoms with van der Waals surface area (Å²) < 4.78 is 36.6. The number of nitrogens with one attached hydrogen (secondary N) is 2. The van der Waals surface area contributed by atoms with Crippen LogP contribution in [-0.4, -0.2) is 50.9 Å². The van der Waals surface area contributed by atoms with Crippen LogP contribution in [0.2, 0.25) is 0 Å². The lowest BCUT2D eigenvalue weighted by molar-refractivity contribution is -0.0847. The highest BCUT2D eigenvalue weighted by atomic mass is 32.2. The standard InChI is InChI=1S/C9H15N3O4S/c1-7-10-5-9(12-7)17(13,14)11-4-8-6-15-2-3-16-8/h5,8,11H,2-4,6H2,1H3,(H,10,12). The van der Waals surface area contributed by atoms with Gasteiger partial charge in [-0.1, -0.05) is 0 Å². The second-order valence-corrected chi connectivity index (χ2v) is 5.49. The van der Waals surface area contributed by atoms with E-state index in [1.807, 2.05) is 0 Å². The molecule has 2 rings (SSSR count). The molecule has 0 aliphatic carbocycles. The molecular weight excluding hydrogens is 246 g/mol. The maximum atomic E-state index is 11.8. The van der Waals surface area contributed by atoms with E-state index in [4.69, 9.17) is 9.47 Å². The highest BCUT2D eigenvalue weighted by Gasteiger charge is 2.20. The van der Waals surface area contributed by atoms with Crippen molar-refractivity contribution in [1.29, 1.82) is 0 Å². The lowest BCUT2D eigenvalue weighted by Gasteiger charge is -2.22. The maximum absolute atomic E-state index is 11.8. The van der Waals surface area contributed by atoms with Gasteiger partial charge in [-0.2, -0.15) is 0 Å². The van der Waals surface area contributed by atoms with Gasteiger partial charge in [-0.05, 0) is 6.92 Å². The molecule has 0 amide bonds. The summed E-state index contributed by atoms with van der Waals surface area (Å²) in [6, 6.07) is 0. The first-order valence-electron chi connectivity index (χ1n) is 5.28. The molecule has 96 valence electrons. The van der Waals surface area contributed by atoms with Gasteiger partial charge in [0, 0.05) is 6.54 Å². The Bertz CT molecular complexity index is 464. The van der Waals surface area contributed by atoms with E-state index in [0.29, 0.717) is 25.6 Å². The molecule has 2 heterocycles. The number of hydrogen-bond donors (Lipinski definition) is 2. The molecule has 0 bridgehead atoms. The van der Waals surface area contributed by atoms with Crippen LogP contribution in [0.15, 0.2) is 11.2 Å². The number of aromatic nitrogens is 2. The molecule has 17 heavy (non-hydrogen) atoms. The number of rotatable bonds is 4. The van der Waals surface area contributed by atoms with Crippen molar-refractivity contribution < 1.29 is 17.9 Å². The summed E-state index contributed by atoms with van der Waals surface area (Å²) in [6.07, 6.45) is 1.05. The third-order valence-corrected chi connectivity index (χ3v) is 3.69. The smallest absolute Gasteiger partial charge is 0.257 e. The Hall–Kier alpha value is -0.960. The van der Waals surface area contributed by atoms with Crippen molar-refractivity contribution in [2.24, 2.45) is 0 Å². The molecule has 1 aromatic rings. The van der Waals surface area contributed by atoms with Gasteiger partial charge in [0.25, 0.3) is 10.0 Å². The van der Waals surface area contributed by atoms with E-state index in [2.05, 4.69) is 14.7 Å². The predicted molar refractivity (Wildman–Crippen MR) is 59.1 cm³/mol. The van der Waals surface area contributed by atoms with Crippen LogP contribution in [0.4, 0.5) is 0 Å². The first kappa shape index (κ1) is 12.5. The third-order valence-electron chi connectivity index (χ3n) is 2.36. The van der Waals surface area contributed by atoms with Crippen molar-refractivity contribution in [3.8, 4) is 0 Å². The second-order valence-electron chi connectivity index (χ2n) is 3.75. The fourth-order valence-corrected chi connectivity index (χ4v) is 2.50. The van der Waals surface area contributed by atoms with Gasteiger partial charge in [0.05, 0.1) is 32.1 Å². The van der Waals surface area contributed by atoms with Gasteiger partial charge in [-0.3, -0.25) is 0 Å². The Morgan fingerprint density at radius 3 is 3.00 bits per heavy atom. The van der Waals surface area contributed by atoms with E-state index < -0.39 is 10.0 Å². The number of aromatic amines is 1. The summed E-state index contributed by atoms with van der Waals surface area (Å²) in [5.74, 6) is 0.558. The van der Waals surface area contributed by atoms with Crippen LogP contribution in [0.25, 0.3) is 0 Å². The Morgan fingerprint density at radius 2 is 2.41 bits per heavy atom. The molecule has 1 unspecified atom stereocenters. The minimum Gasteiger partial charge on any atom is -0.376 e. The lowest BCUT2D eigenvalue weighted by Crippen LogP contribution is -2.39. The zero-order valence-corrected chi connectivity index (χ0v) is 10.3. The summed E-state index contributed by atoms with van der Waals surface area (Å²) in [4.78, 5) is 6.52. The number of imidazole rings is 1. The molecule has 7 nitrogen and oxygen atoms in total. The van der Waals surface area contributed by atoms with Crippen molar-refractivity contribution in [2.45, 2.75) is 18.1 Å². The molecule has 0 aromatic carbocycles. The van der Waals surface area contributed by atoms with Gasteiger partial charge in [-0.25, -0.2) is 18.1 Å². The van der Waals surface area contributed by atoms with Gasteiger partial charge in [-0.15, -0.1) is 0 Å². The number of nitrogens with zero attached hydrogens (tertiary/aromatic N) is 1. The average Bonchev–Trinajstić information content (AvgIpc) is 2.76. The van der Waals surface area contributed by atoms with Crippen molar-refractivity contribution in [2.75, 3.05) is 26.4 Å². The molecule has 8 heteroatoms. The molecule has 1 fully saturated rings. The average molecular weight is 261 g/mol. The minimum atomic E-state index is -3.54. The highest BCUT2D eigenvalue weighted by molar-refractivity contribution is 7.89. The molecule has 1 saturated heterocycles. The molecule has 2 N–H and O–H groups in total. The summed E-state index contributed by atoms with van der Waals surface area (Å²) in [6.45, 7) is 3.35. The van der Waals surface area contributed by atoms with Crippen LogP contribution in [0.1, 0.15) is 5.82 Å². The van der Waals surface area contributed by atoms with Gasteiger partial charge >= 0.3 is 0 Å². The fraction of sp³-hybridized carbons (Fsp3) is 0.667. The first-order valence-corrected chi connectivity index (χ1v) is 6.77. The molecule has 0 radical (unpaired) electrons. The van der Waals surface area contributed by atoms with E-state index in [9.17, 15) is 8.42 Å². The minimum absolute atomic E-state index is 0.0618. The van der Waals surface area contributed by atoms with Gasteiger partial charge in [0.15, 0.2) is 5.03 Å². The Morgan fingerprint density at radius 1 is 1.59 bits per heavy atom. The number of ether oxygens (including phenoxy) is 2. The summed E-state index contributed by atoms with van der Waals surface area (Å²) in [5, 5.41) is 0.0618. The van der Waals surface area contributed by atoms with Crippen LogP contribution >= 0.6 is 0 Å². The molecule has 0 spiro atoms. The zero-order valence-electron chi connectivity index (χ0n) is 9.47. The lowest BCUT2D eigenvalue weighted by atomic mass is 10.3. The maximum Gasteiger partial charge on any atom is 0.257 e. The topological polar surface area (TPSA) is 93.3 Å². The summed E-state index contributed by atoms with van der Waals surface area (Å²) in [7, 11) is -3.54. The predicted octanol–water partition coefficient (Wildman–Crippen LogP) is -0.588. The molecule has 1 aliphatic heterocycles. The van der Waals surface area contributed by atoms with Gasteiger partial charge < -0.3 is 14.5 Å². The van der Waals surface area contributed by atoms with Gasteiger partial charge in [0.2, 0.25) is 0 Å². The quantitative estimate of drug-likeness (QED) is 0.755. The Labute approximate surface area is 99.6 Å². The van der Waals surface area contributed by atoms with Crippen molar-refractivity contribution >= 4 is 10.0 Å². The third kappa shape index (κ3) is 3.25. The fourth-order valence-electron chi connectivity index (χ4n) is 1.47. The Balaban J connectivity index is 1.93. The van der Waals surface area contributed by atoms with Crippen LogP contribution in [0.5, 0.6) is 0 Å². The SMILES string of the molecule is Cc1ncc(S(=O)(=O)NCC2COCCO2)[nH]1. The van der Waals surface area contributed by atoms with Crippen LogP contribution in [-0.2, 0) is 19.5 Å². The van der Waals surface area contributed by atoms with Crippen LogP contribution in [0.3, 0.4) is 0 Å². The van der Waals surface area contributed by atoms with E-state index in [1.165, 1.54) is 6.20 Å².